The fourth-order valence-electron chi connectivity index (χ4n) is 2.54. The van der Waals surface area contributed by atoms with Crippen LogP contribution in [0.1, 0.15) is 11.1 Å². The van der Waals surface area contributed by atoms with Gasteiger partial charge in [0, 0.05) is 7.11 Å². The van der Waals surface area contributed by atoms with Gasteiger partial charge < -0.3 is 24.4 Å². The van der Waals surface area contributed by atoms with Crippen molar-refractivity contribution < 1.29 is 24.4 Å². The van der Waals surface area contributed by atoms with Gasteiger partial charge in [-0.1, -0.05) is 0 Å². The molecule has 1 aliphatic heterocycles. The Morgan fingerprint density at radius 1 is 1.13 bits per heavy atom. The Balaban J connectivity index is 1.71. The highest BCUT2D eigenvalue weighted by Gasteiger charge is 2.43. The number of nitrogens with zero attached hydrogens (tertiary/aromatic N) is 2. The average molecular weight is 320 g/mol. The molecule has 7 nitrogen and oxygen atoms in total. The van der Waals surface area contributed by atoms with E-state index in [-0.39, 0.29) is 6.61 Å². The number of aryl methyl sites for hydroxylation is 2. The van der Waals surface area contributed by atoms with E-state index < -0.39 is 24.6 Å². The molecule has 2 heterocycles. The first kappa shape index (κ1) is 16.1. The van der Waals surface area contributed by atoms with Crippen LogP contribution in [0.3, 0.4) is 0 Å². The quantitative estimate of drug-likeness (QED) is 0.857. The summed E-state index contributed by atoms with van der Waals surface area (Å²) < 4.78 is 15.9. The second-order valence-corrected chi connectivity index (χ2v) is 5.70. The van der Waals surface area contributed by atoms with Crippen molar-refractivity contribution in [3.05, 3.63) is 29.5 Å². The number of aliphatic hydroxyl groups excluding tert-OH is 2. The highest BCUT2D eigenvalue weighted by atomic mass is 16.7. The predicted molar refractivity (Wildman–Crippen MR) is 82.2 cm³/mol. The summed E-state index contributed by atoms with van der Waals surface area (Å²) in [6.45, 7) is 4.08. The number of aliphatic hydroxyl groups is 2. The van der Waals surface area contributed by atoms with Crippen molar-refractivity contribution >= 4 is 11.0 Å². The lowest BCUT2D eigenvalue weighted by atomic mass is 10.1. The molecule has 7 heteroatoms. The van der Waals surface area contributed by atoms with Crippen LogP contribution >= 0.6 is 0 Å². The van der Waals surface area contributed by atoms with Crippen molar-refractivity contribution in [3.8, 4) is 5.88 Å². The lowest BCUT2D eigenvalue weighted by Gasteiger charge is -2.14. The monoisotopic (exact) mass is 320 g/mol. The van der Waals surface area contributed by atoms with Gasteiger partial charge in [-0.05, 0) is 37.1 Å². The molecule has 0 spiro atoms. The molecule has 124 valence electrons. The van der Waals surface area contributed by atoms with Crippen molar-refractivity contribution in [2.75, 3.05) is 13.7 Å². The maximum Gasteiger partial charge on any atom is 0.232 e. The van der Waals surface area contributed by atoms with E-state index in [0.29, 0.717) is 5.88 Å². The third kappa shape index (κ3) is 3.13. The van der Waals surface area contributed by atoms with Crippen molar-refractivity contribution in [1.82, 2.24) is 9.97 Å². The van der Waals surface area contributed by atoms with E-state index in [4.69, 9.17) is 14.2 Å². The number of rotatable bonds is 4. The van der Waals surface area contributed by atoms with Crippen molar-refractivity contribution in [2.24, 2.45) is 0 Å². The zero-order valence-electron chi connectivity index (χ0n) is 13.3. The molecule has 1 saturated heterocycles. The van der Waals surface area contributed by atoms with Crippen LogP contribution in [0, 0.1) is 13.8 Å². The van der Waals surface area contributed by atoms with Crippen LogP contribution in [0.15, 0.2) is 18.3 Å². The number of ether oxygens (including phenoxy) is 3. The topological polar surface area (TPSA) is 93.9 Å². The molecule has 0 saturated carbocycles. The number of benzene rings is 1. The second-order valence-electron chi connectivity index (χ2n) is 5.70. The highest BCUT2D eigenvalue weighted by molar-refractivity contribution is 5.76. The zero-order valence-corrected chi connectivity index (χ0v) is 13.3. The van der Waals surface area contributed by atoms with Gasteiger partial charge in [-0.3, -0.25) is 0 Å². The van der Waals surface area contributed by atoms with Crippen LogP contribution in [0.25, 0.3) is 11.0 Å². The molecule has 1 aromatic heterocycles. The van der Waals surface area contributed by atoms with Gasteiger partial charge in [0.1, 0.15) is 24.9 Å². The maximum absolute atomic E-state index is 9.90. The molecular weight excluding hydrogens is 300 g/mol. The Bertz CT molecular complexity index is 708. The van der Waals surface area contributed by atoms with Crippen molar-refractivity contribution in [1.29, 1.82) is 0 Å². The van der Waals surface area contributed by atoms with Gasteiger partial charge in [0.2, 0.25) is 5.88 Å². The minimum atomic E-state index is -1.10. The van der Waals surface area contributed by atoms with Gasteiger partial charge in [0.05, 0.1) is 17.2 Å². The summed E-state index contributed by atoms with van der Waals surface area (Å²) in [5, 5.41) is 19.6. The van der Waals surface area contributed by atoms with Gasteiger partial charge >= 0.3 is 0 Å². The van der Waals surface area contributed by atoms with E-state index in [2.05, 4.69) is 9.97 Å². The van der Waals surface area contributed by atoms with E-state index in [1.165, 1.54) is 13.3 Å². The molecule has 2 aromatic rings. The summed E-state index contributed by atoms with van der Waals surface area (Å²) >= 11 is 0. The van der Waals surface area contributed by atoms with Crippen molar-refractivity contribution in [2.45, 2.75) is 38.4 Å². The first-order chi connectivity index (χ1) is 11.0. The SMILES string of the molecule is CO[C@@H]1O[C@H](COc2cnc3cc(C)c(C)cc3n2)[C@@H](O)[C@H]1O. The van der Waals surface area contributed by atoms with Crippen LogP contribution in [0.4, 0.5) is 0 Å². The summed E-state index contributed by atoms with van der Waals surface area (Å²) in [6, 6.07) is 3.93. The van der Waals surface area contributed by atoms with Crippen LogP contribution in [0.5, 0.6) is 5.88 Å². The molecule has 3 rings (SSSR count). The largest absolute Gasteiger partial charge is 0.474 e. The fraction of sp³-hybridized carbons (Fsp3) is 0.500. The highest BCUT2D eigenvalue weighted by Crippen LogP contribution is 2.23. The molecule has 0 radical (unpaired) electrons. The van der Waals surface area contributed by atoms with E-state index in [1.807, 2.05) is 26.0 Å². The number of hydrogen-bond acceptors (Lipinski definition) is 7. The Morgan fingerprint density at radius 2 is 1.83 bits per heavy atom. The Kier molecular flexibility index (Phi) is 4.45. The molecule has 0 aliphatic carbocycles. The summed E-state index contributed by atoms with van der Waals surface area (Å²) in [6.07, 6.45) is -2.18. The Labute approximate surface area is 133 Å². The molecule has 0 bridgehead atoms. The molecule has 0 amide bonds. The van der Waals surface area contributed by atoms with Crippen LogP contribution in [0.2, 0.25) is 0 Å². The maximum atomic E-state index is 9.90. The van der Waals surface area contributed by atoms with Gasteiger partial charge in [0.15, 0.2) is 6.29 Å². The molecule has 1 aromatic carbocycles. The van der Waals surface area contributed by atoms with Gasteiger partial charge in [-0.25, -0.2) is 9.97 Å². The summed E-state index contributed by atoms with van der Waals surface area (Å²) in [5.41, 5.74) is 3.83. The standard InChI is InChI=1S/C16H20N2O5/c1-8-4-10-11(5-9(8)2)18-13(6-17-10)22-7-12-14(19)15(20)16(21-3)23-12/h4-6,12,14-16,19-20H,7H2,1-3H3/t12-,14-,15-,16-/m1/s1. The Hall–Kier alpha value is -1.80. The normalized spacial score (nSPS) is 27.5. The van der Waals surface area contributed by atoms with Gasteiger partial charge in [0.25, 0.3) is 0 Å². The van der Waals surface area contributed by atoms with E-state index in [1.54, 1.807) is 0 Å². The molecule has 2 N–H and O–H groups in total. The molecule has 0 unspecified atom stereocenters. The van der Waals surface area contributed by atoms with Gasteiger partial charge in [-0.2, -0.15) is 0 Å². The Morgan fingerprint density at radius 3 is 2.48 bits per heavy atom. The van der Waals surface area contributed by atoms with Crippen LogP contribution in [-0.2, 0) is 9.47 Å². The number of methoxy groups -OCH3 is 1. The van der Waals surface area contributed by atoms with Crippen molar-refractivity contribution in [3.63, 3.8) is 0 Å². The minimum Gasteiger partial charge on any atom is -0.474 e. The zero-order chi connectivity index (χ0) is 16.6. The third-order valence-corrected chi connectivity index (χ3v) is 4.08. The van der Waals surface area contributed by atoms with E-state index in [9.17, 15) is 10.2 Å². The third-order valence-electron chi connectivity index (χ3n) is 4.08. The molecular formula is C16H20N2O5. The predicted octanol–water partition coefficient (Wildman–Crippen LogP) is 0.719. The van der Waals surface area contributed by atoms with E-state index in [0.717, 1.165) is 22.2 Å². The molecule has 4 atom stereocenters. The number of hydrogen-bond donors (Lipinski definition) is 2. The van der Waals surface area contributed by atoms with Crippen LogP contribution < -0.4 is 4.74 Å². The molecule has 1 aliphatic rings. The lowest BCUT2D eigenvalue weighted by molar-refractivity contribution is -0.152. The summed E-state index contributed by atoms with van der Waals surface area (Å²) in [4.78, 5) is 8.73. The first-order valence-corrected chi connectivity index (χ1v) is 7.41. The number of aromatic nitrogens is 2. The molecule has 1 fully saturated rings. The average Bonchev–Trinajstić information content (AvgIpc) is 2.81. The van der Waals surface area contributed by atoms with Gasteiger partial charge in [-0.15, -0.1) is 0 Å². The van der Waals surface area contributed by atoms with E-state index >= 15 is 0 Å². The lowest BCUT2D eigenvalue weighted by Crippen LogP contribution is -2.35. The summed E-state index contributed by atoms with van der Waals surface area (Å²) in [5.74, 6) is 0.340. The van der Waals surface area contributed by atoms with Crippen LogP contribution in [-0.4, -0.2) is 58.5 Å². The smallest absolute Gasteiger partial charge is 0.232 e. The minimum absolute atomic E-state index is 0.0448. The first-order valence-electron chi connectivity index (χ1n) is 7.41. The molecule has 23 heavy (non-hydrogen) atoms. The fourth-order valence-corrected chi connectivity index (χ4v) is 2.54. The second kappa shape index (κ2) is 6.37. The summed E-state index contributed by atoms with van der Waals surface area (Å²) in [7, 11) is 1.41. The number of fused-ring (bicyclic) bond motifs is 1.